The highest BCUT2D eigenvalue weighted by atomic mass is 16.5. The molecule has 2 unspecified atom stereocenters. The van der Waals surface area contributed by atoms with E-state index in [1.54, 1.807) is 13.2 Å². The van der Waals surface area contributed by atoms with Gasteiger partial charge in [-0.1, -0.05) is 6.92 Å². The molecule has 1 aromatic carbocycles. The molecule has 6 heteroatoms. The van der Waals surface area contributed by atoms with E-state index >= 15 is 0 Å². The molecule has 3 saturated heterocycles. The summed E-state index contributed by atoms with van der Waals surface area (Å²) in [5.74, 6) is 1.06. The van der Waals surface area contributed by atoms with Gasteiger partial charge >= 0.3 is 0 Å². The van der Waals surface area contributed by atoms with Gasteiger partial charge in [-0.3, -0.25) is 9.59 Å². The number of aryl methyl sites for hydroxylation is 1. The van der Waals surface area contributed by atoms with Crippen LogP contribution in [0.15, 0.2) is 22.6 Å². The summed E-state index contributed by atoms with van der Waals surface area (Å²) < 4.78 is 11.2. The molecule has 0 aliphatic carbocycles. The third-order valence-corrected chi connectivity index (χ3v) is 5.88. The Kier molecular flexibility index (Phi) is 4.58. The summed E-state index contributed by atoms with van der Waals surface area (Å²) in [6, 6.07) is 5.71. The lowest BCUT2D eigenvalue weighted by atomic mass is 9.94. The van der Waals surface area contributed by atoms with Crippen LogP contribution in [0.5, 0.6) is 5.75 Å². The zero-order valence-electron chi connectivity index (χ0n) is 16.2. The summed E-state index contributed by atoms with van der Waals surface area (Å²) in [5.41, 5.74) is 1.49. The van der Waals surface area contributed by atoms with Crippen LogP contribution in [0, 0.1) is 12.8 Å². The average Bonchev–Trinajstić information content (AvgIpc) is 2.82. The summed E-state index contributed by atoms with van der Waals surface area (Å²) in [5, 5.41) is 0.917. The lowest BCUT2D eigenvalue weighted by Crippen LogP contribution is -2.48. The van der Waals surface area contributed by atoms with Crippen molar-refractivity contribution in [1.82, 2.24) is 9.80 Å². The van der Waals surface area contributed by atoms with Crippen LogP contribution in [0.25, 0.3) is 11.0 Å². The molecule has 4 heterocycles. The van der Waals surface area contributed by atoms with Crippen molar-refractivity contribution in [2.45, 2.75) is 39.2 Å². The quantitative estimate of drug-likeness (QED) is 0.829. The van der Waals surface area contributed by atoms with Gasteiger partial charge in [0.1, 0.15) is 11.3 Å². The van der Waals surface area contributed by atoms with Crippen molar-refractivity contribution in [3.8, 4) is 5.75 Å². The van der Waals surface area contributed by atoms with E-state index in [2.05, 4.69) is 6.92 Å². The maximum Gasteiger partial charge on any atom is 0.289 e. The number of piperidine rings is 1. The number of furan rings is 1. The van der Waals surface area contributed by atoms with Crippen molar-refractivity contribution < 1.29 is 18.7 Å². The average molecular weight is 370 g/mol. The maximum atomic E-state index is 13.3. The Morgan fingerprint density at radius 1 is 1.30 bits per heavy atom. The lowest BCUT2D eigenvalue weighted by Gasteiger charge is -2.35. The molecule has 0 saturated carbocycles. The van der Waals surface area contributed by atoms with Crippen molar-refractivity contribution >= 4 is 22.8 Å². The highest BCUT2D eigenvalue weighted by Gasteiger charge is 2.42. The molecule has 2 amide bonds. The van der Waals surface area contributed by atoms with E-state index in [9.17, 15) is 9.59 Å². The smallest absolute Gasteiger partial charge is 0.289 e. The first-order valence-corrected chi connectivity index (χ1v) is 9.70. The van der Waals surface area contributed by atoms with Crippen LogP contribution >= 0.6 is 0 Å². The van der Waals surface area contributed by atoms with Gasteiger partial charge in [0.05, 0.1) is 13.0 Å². The molecule has 0 radical (unpaired) electrons. The van der Waals surface area contributed by atoms with E-state index in [1.165, 1.54) is 0 Å². The van der Waals surface area contributed by atoms with E-state index in [1.807, 2.05) is 28.9 Å². The number of hydrogen-bond acceptors (Lipinski definition) is 4. The fraction of sp³-hybridized carbons (Fsp3) is 0.524. The van der Waals surface area contributed by atoms with Crippen molar-refractivity contribution in [2.24, 2.45) is 5.92 Å². The Hall–Kier alpha value is -2.50. The molecule has 6 nitrogen and oxygen atoms in total. The minimum absolute atomic E-state index is 0.0935. The van der Waals surface area contributed by atoms with Crippen molar-refractivity contribution in [3.63, 3.8) is 0 Å². The Morgan fingerprint density at radius 3 is 2.85 bits per heavy atom. The highest BCUT2D eigenvalue weighted by molar-refractivity contribution is 5.99. The first-order valence-electron chi connectivity index (χ1n) is 9.70. The molecule has 2 aromatic rings. The molecule has 3 aliphatic rings. The van der Waals surface area contributed by atoms with Crippen LogP contribution in [-0.2, 0) is 4.79 Å². The van der Waals surface area contributed by atoms with Crippen LogP contribution in [0.1, 0.15) is 42.3 Å². The van der Waals surface area contributed by atoms with Gasteiger partial charge in [0, 0.05) is 42.7 Å². The normalized spacial score (nSPS) is 22.4. The third-order valence-electron chi connectivity index (χ3n) is 5.88. The van der Waals surface area contributed by atoms with Gasteiger partial charge in [-0.15, -0.1) is 0 Å². The molecule has 5 rings (SSSR count). The fourth-order valence-corrected chi connectivity index (χ4v) is 4.42. The molecular formula is C21H26N2O4. The molecule has 0 N–H and O–H groups in total. The molecular weight excluding hydrogens is 344 g/mol. The van der Waals surface area contributed by atoms with Crippen molar-refractivity contribution in [3.05, 3.63) is 29.5 Å². The topological polar surface area (TPSA) is 63.0 Å². The zero-order valence-corrected chi connectivity index (χ0v) is 16.2. The fourth-order valence-electron chi connectivity index (χ4n) is 4.42. The minimum atomic E-state index is -0.120. The van der Waals surface area contributed by atoms with E-state index in [0.717, 1.165) is 36.8 Å². The Balaban J connectivity index is 1.64. The van der Waals surface area contributed by atoms with Crippen LogP contribution in [0.4, 0.5) is 0 Å². The van der Waals surface area contributed by atoms with Gasteiger partial charge in [-0.2, -0.15) is 0 Å². The summed E-state index contributed by atoms with van der Waals surface area (Å²) in [4.78, 5) is 29.8. The third kappa shape index (κ3) is 2.97. The van der Waals surface area contributed by atoms with Crippen molar-refractivity contribution in [1.29, 1.82) is 0 Å². The Bertz CT molecular complexity index is 888. The summed E-state index contributed by atoms with van der Waals surface area (Å²) in [6.45, 7) is 5.83. The van der Waals surface area contributed by atoms with E-state index in [-0.39, 0.29) is 23.8 Å². The second kappa shape index (κ2) is 6.91. The van der Waals surface area contributed by atoms with Crippen LogP contribution in [-0.4, -0.2) is 54.4 Å². The van der Waals surface area contributed by atoms with Crippen LogP contribution in [0.2, 0.25) is 0 Å². The Morgan fingerprint density at radius 2 is 2.11 bits per heavy atom. The second-order valence-corrected chi connectivity index (χ2v) is 7.59. The summed E-state index contributed by atoms with van der Waals surface area (Å²) >= 11 is 0. The van der Waals surface area contributed by atoms with Crippen molar-refractivity contribution in [2.75, 3.05) is 26.7 Å². The van der Waals surface area contributed by atoms with Gasteiger partial charge in [-0.05, 0) is 38.3 Å². The Labute approximate surface area is 159 Å². The lowest BCUT2D eigenvalue weighted by molar-refractivity contribution is -0.139. The first-order chi connectivity index (χ1) is 13.0. The molecule has 1 aromatic heterocycles. The standard InChI is InChI=1S/C21H26N2O4/c1-4-9-23-15-6-5-14(20(23)24)11-22(12-15)21(25)19-13(2)17-8-7-16(26-3)10-18(17)27-19/h7-8,10,14-15H,4-6,9,11-12H2,1-3H3. The predicted molar refractivity (Wildman–Crippen MR) is 102 cm³/mol. The zero-order chi connectivity index (χ0) is 19.1. The minimum Gasteiger partial charge on any atom is -0.497 e. The van der Waals surface area contributed by atoms with Gasteiger partial charge in [0.15, 0.2) is 5.76 Å². The maximum absolute atomic E-state index is 13.3. The van der Waals surface area contributed by atoms with Crippen LogP contribution < -0.4 is 4.74 Å². The number of rotatable bonds is 4. The second-order valence-electron chi connectivity index (χ2n) is 7.59. The number of nitrogens with zero attached hydrogens (tertiary/aromatic N) is 2. The number of amides is 2. The highest BCUT2D eigenvalue weighted by Crippen LogP contribution is 2.33. The SMILES string of the molecule is CCCN1C(=O)C2CCC1CN(C(=O)c1oc3cc(OC)ccc3c1C)C2. The van der Waals surface area contributed by atoms with Crippen LogP contribution in [0.3, 0.4) is 0 Å². The van der Waals surface area contributed by atoms with E-state index < -0.39 is 0 Å². The number of benzene rings is 1. The number of carbonyl (C=O) groups excluding carboxylic acids is 2. The van der Waals surface area contributed by atoms with E-state index in [0.29, 0.717) is 30.2 Å². The number of methoxy groups -OCH3 is 1. The van der Waals surface area contributed by atoms with Gasteiger partial charge in [-0.25, -0.2) is 0 Å². The molecule has 3 fully saturated rings. The summed E-state index contributed by atoms with van der Waals surface area (Å²) in [6.07, 6.45) is 2.77. The van der Waals surface area contributed by atoms with Gasteiger partial charge in [0.25, 0.3) is 5.91 Å². The monoisotopic (exact) mass is 370 g/mol. The number of fused-ring (bicyclic) bond motifs is 5. The molecule has 144 valence electrons. The number of carbonyl (C=O) groups is 2. The van der Waals surface area contributed by atoms with E-state index in [4.69, 9.17) is 9.15 Å². The largest absolute Gasteiger partial charge is 0.497 e. The molecule has 3 aliphatic heterocycles. The molecule has 0 spiro atoms. The number of ether oxygens (including phenoxy) is 1. The molecule has 2 bridgehead atoms. The summed E-state index contributed by atoms with van der Waals surface area (Å²) in [7, 11) is 1.61. The molecule has 27 heavy (non-hydrogen) atoms. The van der Waals surface area contributed by atoms with Gasteiger partial charge < -0.3 is 19.0 Å². The predicted octanol–water partition coefficient (Wildman–Crippen LogP) is 3.22. The first kappa shape index (κ1) is 17.9. The number of hydrogen-bond donors (Lipinski definition) is 0. The van der Waals surface area contributed by atoms with Gasteiger partial charge in [0.2, 0.25) is 5.91 Å². The molecule has 2 atom stereocenters.